The normalized spacial score (nSPS) is 15.6. The largest absolute Gasteiger partial charge is 0.470 e. The molecule has 9 nitrogen and oxygen atoms in total. The lowest BCUT2D eigenvalue weighted by atomic mass is 10.0. The van der Waals surface area contributed by atoms with E-state index in [0.717, 1.165) is 28.5 Å². The standard InChI is InChI=1S/C27H27FN6O3/c1-34(2)8-3-4-25(35)33-23-11-19(14-32-27(23)37-20-6-9-36-16-20)18-10-21-22(15-31-26(21)30-13-18)17-5-7-29-24(28)12-17/h3-5,7,10-15,20H,6,8-9,16H2,1-2H3,(H,30,31)(H,33,35)/b4-3+. The summed E-state index contributed by atoms with van der Waals surface area (Å²) in [7, 11) is 3.86. The molecular formula is C27H27FN6O3. The molecule has 0 bridgehead atoms. The molecular weight excluding hydrogens is 475 g/mol. The number of ether oxygens (including phenoxy) is 2. The minimum absolute atomic E-state index is 0.125. The molecule has 1 aliphatic rings. The number of carbonyl (C=O) groups excluding carboxylic acids is 1. The maximum absolute atomic E-state index is 13.7. The zero-order valence-corrected chi connectivity index (χ0v) is 20.6. The average Bonchev–Trinajstić information content (AvgIpc) is 3.54. The predicted molar refractivity (Wildman–Crippen MR) is 139 cm³/mol. The Kier molecular flexibility index (Phi) is 7.20. The molecule has 37 heavy (non-hydrogen) atoms. The van der Waals surface area contributed by atoms with Crippen LogP contribution in [-0.2, 0) is 9.53 Å². The van der Waals surface area contributed by atoms with Gasteiger partial charge in [0, 0.05) is 72.0 Å². The van der Waals surface area contributed by atoms with Crippen LogP contribution >= 0.6 is 0 Å². The van der Waals surface area contributed by atoms with E-state index in [0.29, 0.717) is 42.5 Å². The predicted octanol–water partition coefficient (Wildman–Crippen LogP) is 4.05. The van der Waals surface area contributed by atoms with Crippen LogP contribution in [0.3, 0.4) is 0 Å². The van der Waals surface area contributed by atoms with Crippen LogP contribution in [0, 0.1) is 5.95 Å². The first-order valence-electron chi connectivity index (χ1n) is 11.9. The van der Waals surface area contributed by atoms with Gasteiger partial charge in [0.25, 0.3) is 0 Å². The first-order valence-corrected chi connectivity index (χ1v) is 11.9. The van der Waals surface area contributed by atoms with Gasteiger partial charge < -0.3 is 24.7 Å². The highest BCUT2D eigenvalue weighted by Crippen LogP contribution is 2.34. The van der Waals surface area contributed by atoms with E-state index in [4.69, 9.17) is 9.47 Å². The van der Waals surface area contributed by atoms with E-state index in [9.17, 15) is 9.18 Å². The Labute approximate surface area is 213 Å². The van der Waals surface area contributed by atoms with Crippen LogP contribution in [0.2, 0.25) is 0 Å². The van der Waals surface area contributed by atoms with Crippen LogP contribution in [0.25, 0.3) is 33.3 Å². The number of hydrogen-bond donors (Lipinski definition) is 2. The number of hydrogen-bond acceptors (Lipinski definition) is 7. The van der Waals surface area contributed by atoms with Gasteiger partial charge in [0.2, 0.25) is 17.7 Å². The lowest BCUT2D eigenvalue weighted by Crippen LogP contribution is -2.19. The molecule has 5 heterocycles. The number of pyridine rings is 3. The topological polar surface area (TPSA) is 105 Å². The lowest BCUT2D eigenvalue weighted by molar-refractivity contribution is -0.111. The van der Waals surface area contributed by atoms with Crippen LogP contribution in [0.1, 0.15) is 6.42 Å². The molecule has 4 aromatic heterocycles. The fraction of sp³-hybridized carbons (Fsp3) is 0.259. The number of aromatic amines is 1. The molecule has 10 heteroatoms. The third-order valence-corrected chi connectivity index (χ3v) is 5.92. The number of fused-ring (bicyclic) bond motifs is 1. The zero-order chi connectivity index (χ0) is 25.8. The van der Waals surface area contributed by atoms with Gasteiger partial charge >= 0.3 is 0 Å². The summed E-state index contributed by atoms with van der Waals surface area (Å²) in [6.45, 7) is 1.75. The second kappa shape index (κ2) is 10.9. The van der Waals surface area contributed by atoms with Gasteiger partial charge in [0.1, 0.15) is 17.4 Å². The lowest BCUT2D eigenvalue weighted by Gasteiger charge is -2.16. The number of halogens is 1. The summed E-state index contributed by atoms with van der Waals surface area (Å²) in [4.78, 5) is 30.4. The Morgan fingerprint density at radius 3 is 2.84 bits per heavy atom. The van der Waals surface area contributed by atoms with Gasteiger partial charge in [-0.05, 0) is 37.9 Å². The molecule has 0 spiro atoms. The highest BCUT2D eigenvalue weighted by atomic mass is 19.1. The SMILES string of the molecule is CN(C)C/C=C/C(=O)Nc1cc(-c2cnc3[nH]cc(-c4ccnc(F)c4)c3c2)cnc1OC1CCOC1. The average molecular weight is 503 g/mol. The van der Waals surface area contributed by atoms with Crippen molar-refractivity contribution in [2.45, 2.75) is 12.5 Å². The second-order valence-electron chi connectivity index (χ2n) is 9.02. The van der Waals surface area contributed by atoms with Gasteiger partial charge in [-0.15, -0.1) is 0 Å². The van der Waals surface area contributed by atoms with Crippen molar-refractivity contribution in [3.63, 3.8) is 0 Å². The van der Waals surface area contributed by atoms with Crippen LogP contribution < -0.4 is 10.1 Å². The van der Waals surface area contributed by atoms with Crippen LogP contribution in [0.4, 0.5) is 10.1 Å². The quantitative estimate of drug-likeness (QED) is 0.277. The van der Waals surface area contributed by atoms with Crippen molar-refractivity contribution in [3.05, 3.63) is 67.2 Å². The highest BCUT2D eigenvalue weighted by molar-refractivity contribution is 6.01. The molecule has 1 unspecified atom stereocenters. The highest BCUT2D eigenvalue weighted by Gasteiger charge is 2.21. The maximum Gasteiger partial charge on any atom is 0.248 e. The third kappa shape index (κ3) is 5.82. The van der Waals surface area contributed by atoms with Crippen molar-refractivity contribution in [1.29, 1.82) is 0 Å². The molecule has 0 aromatic carbocycles. The van der Waals surface area contributed by atoms with E-state index in [1.54, 1.807) is 30.7 Å². The van der Waals surface area contributed by atoms with Crippen molar-refractivity contribution in [2.24, 2.45) is 0 Å². The number of amides is 1. The minimum atomic E-state index is -0.552. The molecule has 0 saturated carbocycles. The summed E-state index contributed by atoms with van der Waals surface area (Å²) < 4.78 is 25.2. The number of nitrogens with one attached hydrogen (secondary N) is 2. The van der Waals surface area contributed by atoms with E-state index < -0.39 is 5.95 Å². The van der Waals surface area contributed by atoms with Crippen molar-refractivity contribution >= 4 is 22.6 Å². The van der Waals surface area contributed by atoms with Crippen LogP contribution in [-0.4, -0.2) is 70.7 Å². The molecule has 1 atom stereocenters. The molecule has 0 radical (unpaired) electrons. The molecule has 2 N–H and O–H groups in total. The summed E-state index contributed by atoms with van der Waals surface area (Å²) in [5, 5.41) is 3.72. The number of nitrogens with zero attached hydrogens (tertiary/aromatic N) is 4. The van der Waals surface area contributed by atoms with Gasteiger partial charge in [0.15, 0.2) is 0 Å². The Bertz CT molecular complexity index is 1450. The van der Waals surface area contributed by atoms with Gasteiger partial charge in [0.05, 0.1) is 13.2 Å². The van der Waals surface area contributed by atoms with Crippen LogP contribution in [0.15, 0.2) is 61.2 Å². The van der Waals surface area contributed by atoms with E-state index in [1.165, 1.54) is 18.3 Å². The summed E-state index contributed by atoms with van der Waals surface area (Å²) in [6, 6.07) is 6.90. The first kappa shape index (κ1) is 24.5. The summed E-state index contributed by atoms with van der Waals surface area (Å²) >= 11 is 0. The first-order chi connectivity index (χ1) is 18.0. The van der Waals surface area contributed by atoms with E-state index in [1.807, 2.05) is 31.1 Å². The Hall–Kier alpha value is -4.15. The van der Waals surface area contributed by atoms with Crippen molar-refractivity contribution in [2.75, 3.05) is 39.2 Å². The number of aromatic nitrogens is 4. The zero-order valence-electron chi connectivity index (χ0n) is 20.6. The minimum Gasteiger partial charge on any atom is -0.470 e. The molecule has 4 aromatic rings. The second-order valence-corrected chi connectivity index (χ2v) is 9.02. The molecule has 1 fully saturated rings. The van der Waals surface area contributed by atoms with E-state index in [2.05, 4.69) is 25.3 Å². The molecule has 0 aliphatic carbocycles. The van der Waals surface area contributed by atoms with Gasteiger partial charge in [-0.3, -0.25) is 4.79 Å². The van der Waals surface area contributed by atoms with Crippen LogP contribution in [0.5, 0.6) is 5.88 Å². The maximum atomic E-state index is 13.7. The van der Waals surface area contributed by atoms with E-state index in [-0.39, 0.29) is 12.0 Å². The third-order valence-electron chi connectivity index (χ3n) is 5.92. The number of H-pyrrole nitrogens is 1. The Morgan fingerprint density at radius 1 is 1.22 bits per heavy atom. The van der Waals surface area contributed by atoms with Gasteiger partial charge in [-0.2, -0.15) is 4.39 Å². The number of anilines is 1. The summed E-state index contributed by atoms with van der Waals surface area (Å²) in [5.74, 6) is -0.504. The molecule has 190 valence electrons. The molecule has 1 saturated heterocycles. The fourth-order valence-corrected chi connectivity index (χ4v) is 4.07. The summed E-state index contributed by atoms with van der Waals surface area (Å²) in [6.07, 6.45) is 10.5. The van der Waals surface area contributed by atoms with Crippen molar-refractivity contribution in [3.8, 4) is 28.1 Å². The molecule has 1 amide bonds. The van der Waals surface area contributed by atoms with Crippen molar-refractivity contribution < 1.29 is 18.7 Å². The molecule has 5 rings (SSSR count). The monoisotopic (exact) mass is 502 g/mol. The number of rotatable bonds is 8. The summed E-state index contributed by atoms with van der Waals surface area (Å²) in [5.41, 5.74) is 4.14. The number of likely N-dealkylation sites (N-methyl/N-ethyl adjacent to an activating group) is 1. The van der Waals surface area contributed by atoms with Crippen molar-refractivity contribution in [1.82, 2.24) is 24.8 Å². The van der Waals surface area contributed by atoms with Gasteiger partial charge in [-0.25, -0.2) is 15.0 Å². The Balaban J connectivity index is 1.48. The fourth-order valence-electron chi connectivity index (χ4n) is 4.07. The Morgan fingerprint density at radius 2 is 2.05 bits per heavy atom. The number of carbonyl (C=O) groups is 1. The van der Waals surface area contributed by atoms with E-state index >= 15 is 0 Å². The van der Waals surface area contributed by atoms with Gasteiger partial charge in [-0.1, -0.05) is 6.08 Å². The molecule has 1 aliphatic heterocycles. The smallest absolute Gasteiger partial charge is 0.248 e.